The summed E-state index contributed by atoms with van der Waals surface area (Å²) in [6.45, 7) is 3.54. The predicted molar refractivity (Wildman–Crippen MR) is 75.1 cm³/mol. The Balaban J connectivity index is 2.22. The number of hydrogen-bond donors (Lipinski definition) is 2. The van der Waals surface area contributed by atoms with E-state index in [2.05, 4.69) is 26.0 Å². The minimum Gasteiger partial charge on any atom is -0.315 e. The van der Waals surface area contributed by atoms with Gasteiger partial charge in [0.15, 0.2) is 0 Å². The summed E-state index contributed by atoms with van der Waals surface area (Å²) in [5.74, 6) is 0. The summed E-state index contributed by atoms with van der Waals surface area (Å²) in [4.78, 5) is 0.313. The van der Waals surface area contributed by atoms with Crippen LogP contribution in [0.15, 0.2) is 27.6 Å². The molecule has 1 aliphatic heterocycles. The van der Waals surface area contributed by atoms with Gasteiger partial charge in [0.1, 0.15) is 0 Å². The van der Waals surface area contributed by atoms with Crippen LogP contribution in [0.4, 0.5) is 0 Å². The van der Waals surface area contributed by atoms with Crippen LogP contribution in [0.2, 0.25) is 0 Å². The summed E-state index contributed by atoms with van der Waals surface area (Å²) >= 11 is 3.35. The van der Waals surface area contributed by atoms with Crippen molar-refractivity contribution in [3.05, 3.63) is 28.2 Å². The molecule has 1 saturated heterocycles. The molecule has 0 radical (unpaired) electrons. The lowest BCUT2D eigenvalue weighted by molar-refractivity contribution is 0.428. The highest BCUT2D eigenvalue weighted by molar-refractivity contribution is 9.10. The fraction of sp³-hybridized carbons (Fsp3) is 0.500. The first-order chi connectivity index (χ1) is 8.50. The molecule has 2 rings (SSSR count). The number of halogens is 1. The van der Waals surface area contributed by atoms with Crippen molar-refractivity contribution in [3.63, 3.8) is 0 Å². The van der Waals surface area contributed by atoms with Crippen molar-refractivity contribution in [2.75, 3.05) is 13.1 Å². The Morgan fingerprint density at radius 3 is 2.89 bits per heavy atom. The molecule has 6 heteroatoms. The Hall–Kier alpha value is -0.430. The molecule has 1 heterocycles. The second-order valence-electron chi connectivity index (χ2n) is 4.55. The van der Waals surface area contributed by atoms with Crippen LogP contribution in [0.3, 0.4) is 0 Å². The van der Waals surface area contributed by atoms with Crippen LogP contribution in [-0.2, 0) is 10.0 Å². The number of benzene rings is 1. The van der Waals surface area contributed by atoms with Gasteiger partial charge in [0.05, 0.1) is 4.90 Å². The van der Waals surface area contributed by atoms with Gasteiger partial charge in [0, 0.05) is 17.1 Å². The van der Waals surface area contributed by atoms with Crippen molar-refractivity contribution in [2.24, 2.45) is 0 Å². The smallest absolute Gasteiger partial charge is 0.241 e. The van der Waals surface area contributed by atoms with Gasteiger partial charge in [0.2, 0.25) is 10.0 Å². The van der Waals surface area contributed by atoms with Crippen LogP contribution in [0, 0.1) is 6.92 Å². The van der Waals surface area contributed by atoms with Crippen molar-refractivity contribution in [2.45, 2.75) is 30.7 Å². The fourth-order valence-electron chi connectivity index (χ4n) is 2.06. The predicted octanol–water partition coefficient (Wildman–Crippen LogP) is 1.79. The molecule has 0 saturated carbocycles. The van der Waals surface area contributed by atoms with E-state index in [0.29, 0.717) is 15.9 Å². The SMILES string of the molecule is Cc1cccc(S(=O)(=O)N[C@H]2CCCNC2)c1Br. The average molecular weight is 333 g/mol. The minimum atomic E-state index is -3.45. The molecule has 0 bridgehead atoms. The Morgan fingerprint density at radius 2 is 2.22 bits per heavy atom. The number of piperidine rings is 1. The second kappa shape index (κ2) is 5.69. The number of nitrogens with one attached hydrogen (secondary N) is 2. The minimum absolute atomic E-state index is 0.0174. The molecule has 18 heavy (non-hydrogen) atoms. The number of hydrogen-bond acceptors (Lipinski definition) is 3. The zero-order valence-corrected chi connectivity index (χ0v) is 12.6. The Bertz CT molecular complexity index is 525. The van der Waals surface area contributed by atoms with Gasteiger partial charge >= 0.3 is 0 Å². The zero-order valence-electron chi connectivity index (χ0n) is 10.2. The molecule has 0 aromatic heterocycles. The molecule has 1 aromatic carbocycles. The average Bonchev–Trinajstić information content (AvgIpc) is 2.33. The van der Waals surface area contributed by atoms with E-state index in [0.717, 1.165) is 24.9 Å². The topological polar surface area (TPSA) is 58.2 Å². The van der Waals surface area contributed by atoms with Gasteiger partial charge in [-0.15, -0.1) is 0 Å². The molecule has 0 spiro atoms. The molecule has 1 aromatic rings. The van der Waals surface area contributed by atoms with Crippen LogP contribution in [0.1, 0.15) is 18.4 Å². The van der Waals surface area contributed by atoms with Crippen LogP contribution >= 0.6 is 15.9 Å². The van der Waals surface area contributed by atoms with Gasteiger partial charge in [-0.3, -0.25) is 0 Å². The van der Waals surface area contributed by atoms with E-state index in [-0.39, 0.29) is 6.04 Å². The first-order valence-corrected chi connectivity index (χ1v) is 8.26. The lowest BCUT2D eigenvalue weighted by atomic mass is 10.1. The molecule has 1 fully saturated rings. The number of sulfonamides is 1. The van der Waals surface area contributed by atoms with E-state index in [1.165, 1.54) is 0 Å². The van der Waals surface area contributed by atoms with Gasteiger partial charge in [-0.2, -0.15) is 0 Å². The molecule has 2 N–H and O–H groups in total. The maximum Gasteiger partial charge on any atom is 0.241 e. The first kappa shape index (κ1) is 14.0. The number of rotatable bonds is 3. The highest BCUT2D eigenvalue weighted by Crippen LogP contribution is 2.25. The summed E-state index contributed by atoms with van der Waals surface area (Å²) in [7, 11) is -3.45. The van der Waals surface area contributed by atoms with E-state index in [4.69, 9.17) is 0 Å². The first-order valence-electron chi connectivity index (χ1n) is 5.99. The van der Waals surface area contributed by atoms with Crippen molar-refractivity contribution in [1.82, 2.24) is 10.0 Å². The lowest BCUT2D eigenvalue weighted by Gasteiger charge is -2.24. The maximum absolute atomic E-state index is 12.3. The Kier molecular flexibility index (Phi) is 4.42. The largest absolute Gasteiger partial charge is 0.315 e. The maximum atomic E-state index is 12.3. The third-order valence-electron chi connectivity index (χ3n) is 3.06. The summed E-state index contributed by atoms with van der Waals surface area (Å²) in [5.41, 5.74) is 0.916. The van der Waals surface area contributed by atoms with E-state index < -0.39 is 10.0 Å². The molecular weight excluding hydrogens is 316 g/mol. The van der Waals surface area contributed by atoms with E-state index in [1.54, 1.807) is 12.1 Å². The van der Waals surface area contributed by atoms with Gasteiger partial charge in [-0.05, 0) is 53.9 Å². The number of aryl methyl sites for hydroxylation is 1. The molecule has 0 unspecified atom stereocenters. The highest BCUT2D eigenvalue weighted by Gasteiger charge is 2.23. The van der Waals surface area contributed by atoms with Crippen molar-refractivity contribution in [3.8, 4) is 0 Å². The zero-order chi connectivity index (χ0) is 13.2. The third kappa shape index (κ3) is 3.12. The monoisotopic (exact) mass is 332 g/mol. The van der Waals surface area contributed by atoms with Gasteiger partial charge < -0.3 is 5.32 Å². The lowest BCUT2D eigenvalue weighted by Crippen LogP contribution is -2.45. The van der Waals surface area contributed by atoms with E-state index in [9.17, 15) is 8.42 Å². The summed E-state index contributed by atoms with van der Waals surface area (Å²) in [6.07, 6.45) is 1.89. The normalized spacial score (nSPS) is 20.9. The molecule has 4 nitrogen and oxygen atoms in total. The van der Waals surface area contributed by atoms with Gasteiger partial charge in [0.25, 0.3) is 0 Å². The second-order valence-corrected chi connectivity index (χ2v) is 7.03. The molecule has 100 valence electrons. The van der Waals surface area contributed by atoms with Gasteiger partial charge in [-0.25, -0.2) is 13.1 Å². The third-order valence-corrected chi connectivity index (χ3v) is 5.94. The van der Waals surface area contributed by atoms with Crippen LogP contribution < -0.4 is 10.0 Å². The molecule has 0 aliphatic carbocycles. The molecular formula is C12H17BrN2O2S. The Labute approximate surface area is 116 Å². The Morgan fingerprint density at radius 1 is 1.44 bits per heavy atom. The van der Waals surface area contributed by atoms with Crippen molar-refractivity contribution < 1.29 is 8.42 Å². The van der Waals surface area contributed by atoms with Crippen LogP contribution in [-0.4, -0.2) is 27.5 Å². The fourth-order valence-corrected chi connectivity index (χ4v) is 4.39. The summed E-state index contributed by atoms with van der Waals surface area (Å²) in [6, 6.07) is 5.24. The van der Waals surface area contributed by atoms with Crippen molar-refractivity contribution in [1.29, 1.82) is 0 Å². The summed E-state index contributed by atoms with van der Waals surface area (Å²) < 4.78 is 28.0. The molecule has 1 atom stereocenters. The quantitative estimate of drug-likeness (QED) is 0.887. The molecule has 1 aliphatic rings. The van der Waals surface area contributed by atoms with Crippen molar-refractivity contribution >= 4 is 26.0 Å². The summed E-state index contributed by atoms with van der Waals surface area (Å²) in [5, 5.41) is 3.20. The van der Waals surface area contributed by atoms with E-state index >= 15 is 0 Å². The van der Waals surface area contributed by atoms with Crippen LogP contribution in [0.5, 0.6) is 0 Å². The standard InChI is InChI=1S/C12H17BrN2O2S/c1-9-4-2-6-11(12(9)13)18(16,17)15-10-5-3-7-14-8-10/h2,4,6,10,14-15H,3,5,7-8H2,1H3/t10-/m0/s1. The van der Waals surface area contributed by atoms with E-state index in [1.807, 2.05) is 13.0 Å². The van der Waals surface area contributed by atoms with Gasteiger partial charge in [-0.1, -0.05) is 12.1 Å². The molecule has 0 amide bonds. The highest BCUT2D eigenvalue weighted by atomic mass is 79.9. The van der Waals surface area contributed by atoms with Crippen LogP contribution in [0.25, 0.3) is 0 Å².